The Morgan fingerprint density at radius 2 is 1.82 bits per heavy atom. The van der Waals surface area contributed by atoms with Gasteiger partial charge in [0.15, 0.2) is 11.6 Å². The van der Waals surface area contributed by atoms with Gasteiger partial charge in [-0.05, 0) is 0 Å². The smallest absolute Gasteiger partial charge is 0.217 e. The average molecular weight is 155 g/mol. The molecule has 0 bridgehead atoms. The lowest BCUT2D eigenvalue weighted by atomic mass is 10.2. The van der Waals surface area contributed by atoms with Crippen molar-refractivity contribution < 1.29 is 14.4 Å². The van der Waals surface area contributed by atoms with Crippen LogP contribution in [-0.2, 0) is 14.4 Å². The van der Waals surface area contributed by atoms with Gasteiger partial charge in [-0.15, -0.1) is 0 Å². The molecule has 60 valence electrons. The highest BCUT2D eigenvalue weighted by atomic mass is 16.2. The molecule has 4 nitrogen and oxygen atoms in total. The maximum Gasteiger partial charge on any atom is 0.217 e. The lowest BCUT2D eigenvalue weighted by Crippen LogP contribution is -2.40. The molecule has 0 heterocycles. The minimum atomic E-state index is -0.854. The molecular weight excluding hydrogens is 146 g/mol. The van der Waals surface area contributed by atoms with Gasteiger partial charge in [-0.25, -0.2) is 0 Å². The van der Waals surface area contributed by atoms with E-state index in [1.54, 1.807) is 0 Å². The Balaban J connectivity index is 2.62. The second-order valence-corrected chi connectivity index (χ2v) is 2.57. The maximum atomic E-state index is 10.9. The summed E-state index contributed by atoms with van der Waals surface area (Å²) in [7, 11) is 0. The highest BCUT2D eigenvalue weighted by molar-refractivity contribution is 6.13. The molecule has 0 atom stereocenters. The van der Waals surface area contributed by atoms with Crippen molar-refractivity contribution >= 4 is 17.5 Å². The molecule has 1 saturated carbocycles. The zero-order valence-corrected chi connectivity index (χ0v) is 6.22. The van der Waals surface area contributed by atoms with Crippen molar-refractivity contribution in [3.63, 3.8) is 0 Å². The predicted molar refractivity (Wildman–Crippen MR) is 36.9 cm³/mol. The van der Waals surface area contributed by atoms with Gasteiger partial charge in [-0.2, -0.15) is 0 Å². The predicted octanol–water partition coefficient (Wildman–Crippen LogP) is -0.577. The number of rotatable bonds is 1. The van der Waals surface area contributed by atoms with Crippen LogP contribution in [0.2, 0.25) is 0 Å². The van der Waals surface area contributed by atoms with Crippen molar-refractivity contribution in [3.05, 3.63) is 0 Å². The topological polar surface area (TPSA) is 63.2 Å². The average Bonchev–Trinajstić information content (AvgIpc) is 2.18. The van der Waals surface area contributed by atoms with Crippen LogP contribution in [0.15, 0.2) is 0 Å². The first-order valence-electron chi connectivity index (χ1n) is 3.44. The lowest BCUT2D eigenvalue weighted by molar-refractivity contribution is -0.130. The Kier molecular flexibility index (Phi) is 2.03. The molecule has 11 heavy (non-hydrogen) atoms. The molecule has 4 heteroatoms. The minimum Gasteiger partial charge on any atom is -0.340 e. The van der Waals surface area contributed by atoms with E-state index in [0.29, 0.717) is 0 Å². The highest BCUT2D eigenvalue weighted by Crippen LogP contribution is 2.09. The van der Waals surface area contributed by atoms with E-state index in [-0.39, 0.29) is 30.3 Å². The number of amides is 1. The molecule has 0 spiro atoms. The monoisotopic (exact) mass is 155 g/mol. The first-order valence-corrected chi connectivity index (χ1v) is 3.44. The zero-order chi connectivity index (χ0) is 8.43. The fourth-order valence-electron chi connectivity index (χ4n) is 1.08. The van der Waals surface area contributed by atoms with E-state index in [1.807, 2.05) is 0 Å². The fourth-order valence-corrected chi connectivity index (χ4v) is 1.08. The van der Waals surface area contributed by atoms with E-state index >= 15 is 0 Å². The molecule has 1 N–H and O–H groups in total. The summed E-state index contributed by atoms with van der Waals surface area (Å²) in [6, 6.07) is -0.854. The van der Waals surface area contributed by atoms with Gasteiger partial charge in [-0.3, -0.25) is 14.4 Å². The summed E-state index contributed by atoms with van der Waals surface area (Å²) in [5.74, 6) is -0.686. The molecule has 1 fully saturated rings. The van der Waals surface area contributed by atoms with Gasteiger partial charge in [0, 0.05) is 19.8 Å². The molecule has 1 aliphatic carbocycles. The van der Waals surface area contributed by atoms with Crippen molar-refractivity contribution in [2.24, 2.45) is 0 Å². The zero-order valence-electron chi connectivity index (χ0n) is 6.22. The molecule has 0 aliphatic heterocycles. The van der Waals surface area contributed by atoms with Gasteiger partial charge < -0.3 is 5.32 Å². The normalized spacial score (nSPS) is 19.0. The summed E-state index contributed by atoms with van der Waals surface area (Å²) < 4.78 is 0. The Morgan fingerprint density at radius 3 is 2.18 bits per heavy atom. The van der Waals surface area contributed by atoms with E-state index in [1.165, 1.54) is 6.92 Å². The van der Waals surface area contributed by atoms with Crippen LogP contribution in [0.25, 0.3) is 0 Å². The number of hydrogen-bond acceptors (Lipinski definition) is 3. The molecule has 0 aromatic carbocycles. The SMILES string of the molecule is CC(=O)NC1C(=O)CCC1=O. The van der Waals surface area contributed by atoms with Gasteiger partial charge in [0.05, 0.1) is 0 Å². The third-order valence-electron chi connectivity index (χ3n) is 1.61. The molecule has 1 aliphatic rings. The maximum absolute atomic E-state index is 10.9. The van der Waals surface area contributed by atoms with E-state index in [9.17, 15) is 14.4 Å². The number of ketones is 2. The molecule has 1 amide bonds. The van der Waals surface area contributed by atoms with Gasteiger partial charge in [0.2, 0.25) is 5.91 Å². The number of carbonyl (C=O) groups is 3. The van der Waals surface area contributed by atoms with Crippen LogP contribution >= 0.6 is 0 Å². The third kappa shape index (κ3) is 1.63. The van der Waals surface area contributed by atoms with Crippen molar-refractivity contribution in [2.75, 3.05) is 0 Å². The van der Waals surface area contributed by atoms with Crippen LogP contribution < -0.4 is 5.32 Å². The van der Waals surface area contributed by atoms with Crippen LogP contribution in [0.3, 0.4) is 0 Å². The number of Topliss-reactive ketones (excluding diaryl/α,β-unsaturated/α-hetero) is 2. The second-order valence-electron chi connectivity index (χ2n) is 2.57. The van der Waals surface area contributed by atoms with Crippen molar-refractivity contribution in [2.45, 2.75) is 25.8 Å². The minimum absolute atomic E-state index is 0.176. The summed E-state index contributed by atoms with van der Waals surface area (Å²) in [5.41, 5.74) is 0. The quantitative estimate of drug-likeness (QED) is 0.515. The lowest BCUT2D eigenvalue weighted by Gasteiger charge is -2.05. The molecule has 0 radical (unpaired) electrons. The van der Waals surface area contributed by atoms with Crippen LogP contribution in [0.4, 0.5) is 0 Å². The van der Waals surface area contributed by atoms with Crippen LogP contribution in [0, 0.1) is 0 Å². The first kappa shape index (κ1) is 7.91. The van der Waals surface area contributed by atoms with Gasteiger partial charge in [0.1, 0.15) is 6.04 Å². The molecule has 0 saturated heterocycles. The summed E-state index contributed by atoms with van der Waals surface area (Å²) >= 11 is 0. The van der Waals surface area contributed by atoms with Crippen molar-refractivity contribution in [1.29, 1.82) is 0 Å². The number of hydrogen-bond donors (Lipinski definition) is 1. The summed E-state index contributed by atoms with van der Waals surface area (Å²) in [6.07, 6.45) is 0.535. The largest absolute Gasteiger partial charge is 0.340 e. The summed E-state index contributed by atoms with van der Waals surface area (Å²) in [6.45, 7) is 1.29. The first-order chi connectivity index (χ1) is 5.11. The van der Waals surface area contributed by atoms with E-state index < -0.39 is 6.04 Å². The Labute approximate surface area is 64.0 Å². The molecular formula is C7H9NO3. The number of nitrogens with one attached hydrogen (secondary N) is 1. The Hall–Kier alpha value is -1.19. The molecule has 0 aromatic rings. The standard InChI is InChI=1S/C7H9NO3/c1-4(9)8-7-5(10)2-3-6(7)11/h7H,2-3H2,1H3,(H,8,9). The Bertz CT molecular complexity index is 206. The van der Waals surface area contributed by atoms with Gasteiger partial charge in [-0.1, -0.05) is 0 Å². The molecule has 0 unspecified atom stereocenters. The molecule has 0 aromatic heterocycles. The summed E-state index contributed by atoms with van der Waals surface area (Å²) in [5, 5.41) is 2.30. The van der Waals surface area contributed by atoms with Crippen LogP contribution in [0.1, 0.15) is 19.8 Å². The Morgan fingerprint density at radius 1 is 1.36 bits per heavy atom. The molecule has 1 rings (SSSR count). The van der Waals surface area contributed by atoms with Crippen LogP contribution in [-0.4, -0.2) is 23.5 Å². The van der Waals surface area contributed by atoms with Crippen molar-refractivity contribution in [3.8, 4) is 0 Å². The summed E-state index contributed by atoms with van der Waals surface area (Å²) in [4.78, 5) is 32.2. The van der Waals surface area contributed by atoms with Crippen molar-refractivity contribution in [1.82, 2.24) is 5.32 Å². The highest BCUT2D eigenvalue weighted by Gasteiger charge is 2.32. The van der Waals surface area contributed by atoms with E-state index in [4.69, 9.17) is 0 Å². The van der Waals surface area contributed by atoms with Gasteiger partial charge in [0.25, 0.3) is 0 Å². The second kappa shape index (κ2) is 2.82. The van der Waals surface area contributed by atoms with E-state index in [0.717, 1.165) is 0 Å². The van der Waals surface area contributed by atoms with Crippen LogP contribution in [0.5, 0.6) is 0 Å². The third-order valence-corrected chi connectivity index (χ3v) is 1.61. The van der Waals surface area contributed by atoms with Gasteiger partial charge >= 0.3 is 0 Å². The number of carbonyl (C=O) groups excluding carboxylic acids is 3. The fraction of sp³-hybridized carbons (Fsp3) is 0.571. The van der Waals surface area contributed by atoms with E-state index in [2.05, 4.69) is 5.32 Å².